The van der Waals surface area contributed by atoms with Crippen molar-refractivity contribution in [1.82, 2.24) is 0 Å². The molecule has 0 aromatic heterocycles. The molecule has 1 heterocycles. The van der Waals surface area contributed by atoms with Crippen LogP contribution in [0.15, 0.2) is 54.6 Å². The highest BCUT2D eigenvalue weighted by Gasteiger charge is 2.43. The predicted molar refractivity (Wildman–Crippen MR) is 90.3 cm³/mol. The van der Waals surface area contributed by atoms with E-state index in [0.717, 1.165) is 23.0 Å². The van der Waals surface area contributed by atoms with Crippen molar-refractivity contribution >= 4 is 34.3 Å². The molecule has 1 fully saturated rings. The monoisotopic (exact) mass is 312 g/mol. The summed E-state index contributed by atoms with van der Waals surface area (Å²) in [4.78, 5) is 28.0. The van der Waals surface area contributed by atoms with Crippen LogP contribution in [0.3, 0.4) is 0 Å². The van der Waals surface area contributed by atoms with E-state index in [-0.39, 0.29) is 11.1 Å². The number of nitrogens with zero attached hydrogens (tertiary/aromatic N) is 2. The number of thioether (sulfide) groups is 1. The molecular formula is C17H16N2O2S. The Balaban J connectivity index is 1.87. The third-order valence-electron chi connectivity index (χ3n) is 3.63. The molecule has 1 saturated heterocycles. The predicted octanol–water partition coefficient (Wildman–Crippen LogP) is 3.66. The zero-order chi connectivity index (χ0) is 15.7. The highest BCUT2D eigenvalue weighted by molar-refractivity contribution is 8.16. The molecule has 0 saturated carbocycles. The van der Waals surface area contributed by atoms with Crippen LogP contribution in [0, 0.1) is 6.92 Å². The Morgan fingerprint density at radius 2 is 1.64 bits per heavy atom. The van der Waals surface area contributed by atoms with Crippen molar-refractivity contribution in [2.24, 2.45) is 0 Å². The van der Waals surface area contributed by atoms with E-state index >= 15 is 0 Å². The third kappa shape index (κ3) is 2.60. The number of benzene rings is 2. The molecule has 0 spiro atoms. The molecule has 1 atom stereocenters. The second-order valence-electron chi connectivity index (χ2n) is 5.19. The lowest BCUT2D eigenvalue weighted by Gasteiger charge is -2.24. The summed E-state index contributed by atoms with van der Waals surface area (Å²) in [5.74, 6) is -0.204. The number of carbonyl (C=O) groups excluding carboxylic acids is 2. The van der Waals surface area contributed by atoms with Crippen LogP contribution in [0.2, 0.25) is 0 Å². The summed E-state index contributed by atoms with van der Waals surface area (Å²) in [6.07, 6.45) is 0. The molecule has 5 heteroatoms. The number of anilines is 2. The van der Waals surface area contributed by atoms with Crippen molar-refractivity contribution < 1.29 is 9.59 Å². The number of carbonyl (C=O) groups is 2. The molecular weight excluding hydrogens is 296 g/mol. The van der Waals surface area contributed by atoms with Crippen LogP contribution in [0.1, 0.15) is 5.56 Å². The van der Waals surface area contributed by atoms with E-state index in [4.69, 9.17) is 0 Å². The van der Waals surface area contributed by atoms with Gasteiger partial charge in [-0.2, -0.15) is 0 Å². The molecule has 2 amide bonds. The van der Waals surface area contributed by atoms with Gasteiger partial charge in [0.05, 0.1) is 5.69 Å². The Hall–Kier alpha value is -2.27. The first-order valence-corrected chi connectivity index (χ1v) is 7.85. The minimum absolute atomic E-state index is 0.204. The van der Waals surface area contributed by atoms with Crippen LogP contribution in [0.25, 0.3) is 0 Å². The van der Waals surface area contributed by atoms with Crippen molar-refractivity contribution in [3.63, 3.8) is 0 Å². The molecule has 0 unspecified atom stereocenters. The second-order valence-corrected chi connectivity index (χ2v) is 6.22. The molecule has 4 nitrogen and oxygen atoms in total. The summed E-state index contributed by atoms with van der Waals surface area (Å²) in [6, 6.07) is 17.0. The number of amides is 2. The van der Waals surface area contributed by atoms with Gasteiger partial charge >= 0.3 is 0 Å². The summed E-state index contributed by atoms with van der Waals surface area (Å²) in [7, 11) is 1.83. The zero-order valence-electron chi connectivity index (χ0n) is 12.4. The second kappa shape index (κ2) is 5.85. The minimum atomic E-state index is -0.531. The number of hydrogen-bond donors (Lipinski definition) is 0. The van der Waals surface area contributed by atoms with Gasteiger partial charge in [0.1, 0.15) is 0 Å². The molecule has 22 heavy (non-hydrogen) atoms. The van der Waals surface area contributed by atoms with Gasteiger partial charge in [0.2, 0.25) is 0 Å². The SMILES string of the molecule is Cc1ccc(N2C(=O)S[C@@H](N(C)c3ccccc3)C2=O)cc1. The van der Waals surface area contributed by atoms with Crippen molar-refractivity contribution in [2.45, 2.75) is 12.3 Å². The normalized spacial score (nSPS) is 17.9. The number of aryl methyl sites for hydroxylation is 1. The van der Waals surface area contributed by atoms with Crippen LogP contribution in [-0.4, -0.2) is 23.6 Å². The van der Waals surface area contributed by atoms with Crippen LogP contribution < -0.4 is 9.80 Å². The van der Waals surface area contributed by atoms with Gasteiger partial charge < -0.3 is 4.90 Å². The molecule has 0 radical (unpaired) electrons. The van der Waals surface area contributed by atoms with Gasteiger partial charge in [-0.1, -0.05) is 35.9 Å². The number of imide groups is 1. The van der Waals surface area contributed by atoms with E-state index in [2.05, 4.69) is 0 Å². The fourth-order valence-corrected chi connectivity index (χ4v) is 3.35. The van der Waals surface area contributed by atoms with E-state index in [0.29, 0.717) is 5.69 Å². The smallest absolute Gasteiger partial charge is 0.295 e. The molecule has 2 aromatic carbocycles. The highest BCUT2D eigenvalue weighted by Crippen LogP contribution is 2.34. The zero-order valence-corrected chi connectivity index (χ0v) is 13.2. The first-order chi connectivity index (χ1) is 10.6. The first kappa shape index (κ1) is 14.7. The van der Waals surface area contributed by atoms with Crippen LogP contribution in [0.5, 0.6) is 0 Å². The quantitative estimate of drug-likeness (QED) is 0.867. The summed E-state index contributed by atoms with van der Waals surface area (Å²) in [5, 5.41) is -0.766. The highest BCUT2D eigenvalue weighted by atomic mass is 32.2. The van der Waals surface area contributed by atoms with Crippen LogP contribution >= 0.6 is 11.8 Å². The third-order valence-corrected chi connectivity index (χ3v) is 4.76. The molecule has 112 valence electrons. The Morgan fingerprint density at radius 1 is 1.00 bits per heavy atom. The van der Waals surface area contributed by atoms with Gasteiger partial charge in [-0.05, 0) is 43.0 Å². The van der Waals surface area contributed by atoms with Gasteiger partial charge in [-0.15, -0.1) is 0 Å². The van der Waals surface area contributed by atoms with Gasteiger partial charge in [-0.25, -0.2) is 4.90 Å². The maximum Gasteiger partial charge on any atom is 0.295 e. The minimum Gasteiger partial charge on any atom is -0.354 e. The lowest BCUT2D eigenvalue weighted by molar-refractivity contribution is -0.116. The van der Waals surface area contributed by atoms with E-state index in [1.165, 1.54) is 4.90 Å². The fraction of sp³-hybridized carbons (Fsp3) is 0.176. The Morgan fingerprint density at radius 3 is 2.27 bits per heavy atom. The summed E-state index contributed by atoms with van der Waals surface area (Å²) in [6.45, 7) is 1.97. The Kier molecular flexibility index (Phi) is 3.90. The van der Waals surface area contributed by atoms with Crippen molar-refractivity contribution in [2.75, 3.05) is 16.8 Å². The molecule has 0 aliphatic carbocycles. The summed E-state index contributed by atoms with van der Waals surface area (Å²) in [5.41, 5.74) is 2.62. The first-order valence-electron chi connectivity index (χ1n) is 6.97. The largest absolute Gasteiger partial charge is 0.354 e. The number of para-hydroxylation sites is 1. The topological polar surface area (TPSA) is 40.6 Å². The summed E-state index contributed by atoms with van der Waals surface area (Å²) >= 11 is 1.05. The standard InChI is InChI=1S/C17H16N2O2S/c1-12-8-10-14(11-9-12)19-15(20)16(22-17(19)21)18(2)13-6-4-3-5-7-13/h3-11,16H,1-2H3/t16-/m1/s1. The van der Waals surface area contributed by atoms with Gasteiger partial charge in [0.25, 0.3) is 11.1 Å². The number of hydrogen-bond acceptors (Lipinski definition) is 4. The maximum absolute atomic E-state index is 12.7. The molecule has 0 N–H and O–H groups in total. The lowest BCUT2D eigenvalue weighted by Crippen LogP contribution is -2.39. The fourth-order valence-electron chi connectivity index (χ4n) is 2.37. The molecule has 0 bridgehead atoms. The van der Waals surface area contributed by atoms with Crippen LogP contribution in [-0.2, 0) is 4.79 Å². The van der Waals surface area contributed by atoms with Gasteiger partial charge in [-0.3, -0.25) is 9.59 Å². The van der Waals surface area contributed by atoms with E-state index in [1.807, 2.05) is 61.3 Å². The van der Waals surface area contributed by atoms with E-state index < -0.39 is 5.37 Å². The van der Waals surface area contributed by atoms with Crippen molar-refractivity contribution in [1.29, 1.82) is 0 Å². The average Bonchev–Trinajstić information content (AvgIpc) is 2.83. The molecule has 3 rings (SSSR count). The Labute approximate surface area is 133 Å². The van der Waals surface area contributed by atoms with E-state index in [9.17, 15) is 9.59 Å². The van der Waals surface area contributed by atoms with Gasteiger partial charge in [0, 0.05) is 12.7 Å². The van der Waals surface area contributed by atoms with E-state index in [1.54, 1.807) is 12.1 Å². The number of rotatable bonds is 3. The molecule has 1 aliphatic rings. The summed E-state index contributed by atoms with van der Waals surface area (Å²) < 4.78 is 0. The van der Waals surface area contributed by atoms with Crippen molar-refractivity contribution in [3.05, 3.63) is 60.2 Å². The van der Waals surface area contributed by atoms with Gasteiger partial charge in [0.15, 0.2) is 5.37 Å². The van der Waals surface area contributed by atoms with Crippen LogP contribution in [0.4, 0.5) is 16.2 Å². The Bertz CT molecular complexity index is 700. The lowest BCUT2D eigenvalue weighted by atomic mass is 10.2. The molecule has 1 aliphatic heterocycles. The number of likely N-dealkylation sites (N-methyl/N-ethyl adjacent to an activating group) is 1. The average molecular weight is 312 g/mol. The van der Waals surface area contributed by atoms with Crippen molar-refractivity contribution in [3.8, 4) is 0 Å². The maximum atomic E-state index is 12.7. The molecule has 2 aromatic rings.